The van der Waals surface area contributed by atoms with Gasteiger partial charge < -0.3 is 14.7 Å². The summed E-state index contributed by atoms with van der Waals surface area (Å²) in [5.74, 6) is -0.525. The summed E-state index contributed by atoms with van der Waals surface area (Å²) in [5.41, 5.74) is 0. The molecule has 1 aliphatic heterocycles. The maximum atomic E-state index is 13.3. The summed E-state index contributed by atoms with van der Waals surface area (Å²) in [6.07, 6.45) is 11.3. The normalized spacial score (nSPS) is 27.8. The molecule has 0 aromatic heterocycles. The Balaban J connectivity index is 0.00000341. The van der Waals surface area contributed by atoms with Gasteiger partial charge in [-0.15, -0.1) is 12.4 Å². The second-order valence-corrected chi connectivity index (χ2v) is 9.37. The van der Waals surface area contributed by atoms with Crippen LogP contribution in [0.5, 0.6) is 0 Å². The van der Waals surface area contributed by atoms with Gasteiger partial charge in [0.05, 0.1) is 12.6 Å². The fourth-order valence-electron chi connectivity index (χ4n) is 5.81. The first-order valence-corrected chi connectivity index (χ1v) is 11.9. The zero-order chi connectivity index (χ0) is 21.7. The minimum absolute atomic E-state index is 0. The number of likely N-dealkylation sites (tertiary alicyclic amines) is 1. The van der Waals surface area contributed by atoms with Crippen molar-refractivity contribution in [3.8, 4) is 0 Å². The first kappa shape index (κ1) is 25.9. The molecule has 5 atom stereocenters. The number of hydrogen-bond acceptors (Lipinski definition) is 5. The lowest BCUT2D eigenvalue weighted by molar-refractivity contribution is -0.151. The quantitative estimate of drug-likeness (QED) is 0.513. The predicted molar refractivity (Wildman–Crippen MR) is 120 cm³/mol. The summed E-state index contributed by atoms with van der Waals surface area (Å²) in [4.78, 5) is 39.2. The van der Waals surface area contributed by atoms with Crippen molar-refractivity contribution in [2.24, 2.45) is 11.8 Å². The third kappa shape index (κ3) is 6.35. The van der Waals surface area contributed by atoms with Crippen LogP contribution in [0, 0.1) is 11.8 Å². The predicted octanol–water partition coefficient (Wildman–Crippen LogP) is 3.53. The number of hydrogen-bond donors (Lipinski definition) is 2. The number of amides is 1. The van der Waals surface area contributed by atoms with Crippen LogP contribution in [0.25, 0.3) is 0 Å². The van der Waals surface area contributed by atoms with E-state index in [0.717, 1.165) is 25.7 Å². The minimum atomic E-state index is -0.927. The van der Waals surface area contributed by atoms with Crippen LogP contribution in [-0.2, 0) is 19.1 Å². The van der Waals surface area contributed by atoms with E-state index in [1.54, 1.807) is 18.7 Å². The number of nitrogens with one attached hydrogen (secondary N) is 1. The lowest BCUT2D eigenvalue weighted by Gasteiger charge is -2.32. The van der Waals surface area contributed by atoms with Gasteiger partial charge in [-0.05, 0) is 57.8 Å². The SMILES string of the molecule is CCOC(=O)C(CCC1CCCCC1)NC(C)C(=O)N1C(C(=O)O)CC2CCCC21.Cl. The van der Waals surface area contributed by atoms with Crippen molar-refractivity contribution in [2.75, 3.05) is 6.61 Å². The zero-order valence-electron chi connectivity index (χ0n) is 18.9. The lowest BCUT2D eigenvalue weighted by atomic mass is 9.85. The highest BCUT2D eigenvalue weighted by atomic mass is 35.5. The van der Waals surface area contributed by atoms with Crippen LogP contribution < -0.4 is 5.32 Å². The van der Waals surface area contributed by atoms with E-state index in [2.05, 4.69) is 5.32 Å². The van der Waals surface area contributed by atoms with E-state index in [0.29, 0.717) is 25.4 Å². The molecule has 2 saturated carbocycles. The number of carboxylic acid groups (broad SMARTS) is 1. The smallest absolute Gasteiger partial charge is 0.326 e. The fourth-order valence-corrected chi connectivity index (χ4v) is 5.81. The van der Waals surface area contributed by atoms with E-state index in [4.69, 9.17) is 4.74 Å². The van der Waals surface area contributed by atoms with Gasteiger partial charge in [-0.2, -0.15) is 0 Å². The third-order valence-electron chi connectivity index (χ3n) is 7.36. The van der Waals surface area contributed by atoms with Gasteiger partial charge in [0.25, 0.3) is 0 Å². The molecule has 31 heavy (non-hydrogen) atoms. The molecular formula is C23H39ClN2O5. The number of ether oxygens (including phenoxy) is 1. The monoisotopic (exact) mass is 458 g/mol. The van der Waals surface area contributed by atoms with Gasteiger partial charge in [0, 0.05) is 6.04 Å². The topological polar surface area (TPSA) is 95.9 Å². The number of nitrogens with zero attached hydrogens (tertiary/aromatic N) is 1. The maximum absolute atomic E-state index is 13.3. The molecule has 7 nitrogen and oxygen atoms in total. The second-order valence-electron chi connectivity index (χ2n) is 9.37. The largest absolute Gasteiger partial charge is 0.480 e. The molecule has 8 heteroatoms. The lowest BCUT2D eigenvalue weighted by Crippen LogP contribution is -2.55. The number of halogens is 1. The molecule has 2 aliphatic carbocycles. The first-order valence-electron chi connectivity index (χ1n) is 11.9. The van der Waals surface area contributed by atoms with Gasteiger partial charge in [0.1, 0.15) is 12.1 Å². The number of rotatable bonds is 9. The number of fused-ring (bicyclic) bond motifs is 1. The Morgan fingerprint density at radius 1 is 1.10 bits per heavy atom. The van der Waals surface area contributed by atoms with Crippen molar-refractivity contribution in [2.45, 2.75) is 109 Å². The molecule has 1 heterocycles. The van der Waals surface area contributed by atoms with E-state index in [9.17, 15) is 19.5 Å². The highest BCUT2D eigenvalue weighted by Gasteiger charge is 2.49. The van der Waals surface area contributed by atoms with Crippen LogP contribution in [0.15, 0.2) is 0 Å². The van der Waals surface area contributed by atoms with E-state index in [1.807, 2.05) is 0 Å². The molecule has 0 spiro atoms. The molecular weight excluding hydrogens is 420 g/mol. The standard InChI is InChI=1S/C23H38N2O5.ClH/c1-3-30-23(29)18(13-12-16-8-5-4-6-9-16)24-15(2)21(26)25-19-11-7-10-17(19)14-20(25)22(27)28;/h15-20,24H,3-14H2,1-2H3,(H,27,28);1H. The average Bonchev–Trinajstić information content (AvgIpc) is 3.32. The molecule has 3 aliphatic rings. The van der Waals surface area contributed by atoms with Crippen LogP contribution >= 0.6 is 12.4 Å². The number of carbonyl (C=O) groups excluding carboxylic acids is 2. The van der Waals surface area contributed by atoms with Crippen molar-refractivity contribution in [3.05, 3.63) is 0 Å². The van der Waals surface area contributed by atoms with Gasteiger partial charge in [-0.1, -0.05) is 38.5 Å². The Hall–Kier alpha value is -1.34. The highest BCUT2D eigenvalue weighted by Crippen LogP contribution is 2.41. The van der Waals surface area contributed by atoms with Crippen molar-refractivity contribution in [3.63, 3.8) is 0 Å². The molecule has 5 unspecified atom stereocenters. The number of carbonyl (C=O) groups is 3. The van der Waals surface area contributed by atoms with E-state index < -0.39 is 24.1 Å². The minimum Gasteiger partial charge on any atom is -0.480 e. The first-order chi connectivity index (χ1) is 14.4. The summed E-state index contributed by atoms with van der Waals surface area (Å²) in [7, 11) is 0. The van der Waals surface area contributed by atoms with Gasteiger partial charge >= 0.3 is 11.9 Å². The van der Waals surface area contributed by atoms with Crippen LogP contribution in [0.1, 0.15) is 84.5 Å². The molecule has 0 aromatic rings. The molecule has 0 aromatic carbocycles. The van der Waals surface area contributed by atoms with Gasteiger partial charge in [-0.25, -0.2) is 4.79 Å². The van der Waals surface area contributed by atoms with Crippen LogP contribution in [0.2, 0.25) is 0 Å². The number of esters is 1. The summed E-state index contributed by atoms with van der Waals surface area (Å²) in [6.45, 7) is 3.84. The van der Waals surface area contributed by atoms with Crippen LogP contribution in [0.3, 0.4) is 0 Å². The fraction of sp³-hybridized carbons (Fsp3) is 0.870. The molecule has 0 radical (unpaired) electrons. The highest BCUT2D eigenvalue weighted by molar-refractivity contribution is 5.88. The Labute approximate surface area is 192 Å². The maximum Gasteiger partial charge on any atom is 0.326 e. The van der Waals surface area contributed by atoms with Crippen molar-refractivity contribution >= 4 is 30.3 Å². The molecule has 1 saturated heterocycles. The van der Waals surface area contributed by atoms with E-state index >= 15 is 0 Å². The zero-order valence-corrected chi connectivity index (χ0v) is 19.7. The number of aliphatic carboxylic acids is 1. The summed E-state index contributed by atoms with van der Waals surface area (Å²) >= 11 is 0. The van der Waals surface area contributed by atoms with Gasteiger partial charge in [0.2, 0.25) is 5.91 Å². The third-order valence-corrected chi connectivity index (χ3v) is 7.36. The molecule has 3 fully saturated rings. The summed E-state index contributed by atoms with van der Waals surface area (Å²) in [6, 6.07) is -1.88. The molecule has 0 bridgehead atoms. The molecule has 178 valence electrons. The molecule has 3 rings (SSSR count). The average molecular weight is 459 g/mol. The van der Waals surface area contributed by atoms with Crippen molar-refractivity contribution < 1.29 is 24.2 Å². The van der Waals surface area contributed by atoms with E-state index in [-0.39, 0.29) is 36.2 Å². The Bertz CT molecular complexity index is 625. The van der Waals surface area contributed by atoms with Crippen LogP contribution in [-0.4, -0.2) is 58.6 Å². The Kier molecular flexibility index (Phi) is 10.1. The second kappa shape index (κ2) is 12.0. The molecule has 1 amide bonds. The molecule has 2 N–H and O–H groups in total. The van der Waals surface area contributed by atoms with Gasteiger partial charge in [-0.3, -0.25) is 14.9 Å². The summed E-state index contributed by atoms with van der Waals surface area (Å²) in [5, 5.41) is 12.8. The van der Waals surface area contributed by atoms with Crippen molar-refractivity contribution in [1.29, 1.82) is 0 Å². The van der Waals surface area contributed by atoms with Gasteiger partial charge in [0.15, 0.2) is 0 Å². The summed E-state index contributed by atoms with van der Waals surface area (Å²) < 4.78 is 5.26. The van der Waals surface area contributed by atoms with Crippen LogP contribution in [0.4, 0.5) is 0 Å². The Morgan fingerprint density at radius 2 is 1.81 bits per heavy atom. The van der Waals surface area contributed by atoms with Crippen molar-refractivity contribution in [1.82, 2.24) is 10.2 Å². The van der Waals surface area contributed by atoms with E-state index in [1.165, 1.54) is 32.1 Å². The Morgan fingerprint density at radius 3 is 2.45 bits per heavy atom. The number of carboxylic acids is 1.